The first-order chi connectivity index (χ1) is 8.44. The van der Waals surface area contributed by atoms with E-state index in [1.54, 1.807) is 11.3 Å². The van der Waals surface area contributed by atoms with Crippen LogP contribution in [-0.4, -0.2) is 15.7 Å². The zero-order chi connectivity index (χ0) is 13.2. The number of rotatable bonds is 3. The van der Waals surface area contributed by atoms with Crippen molar-refractivity contribution in [3.8, 4) is 10.6 Å². The predicted molar refractivity (Wildman–Crippen MR) is 79.6 cm³/mol. The molecule has 0 saturated heterocycles. The summed E-state index contributed by atoms with van der Waals surface area (Å²) < 4.78 is 1.07. The van der Waals surface area contributed by atoms with Gasteiger partial charge in [0.2, 0.25) is 0 Å². The van der Waals surface area contributed by atoms with Crippen LogP contribution in [0.15, 0.2) is 28.7 Å². The molecule has 3 nitrogen and oxygen atoms in total. The van der Waals surface area contributed by atoms with Crippen molar-refractivity contribution in [2.75, 3.05) is 0 Å². The second-order valence-electron chi connectivity index (χ2n) is 5.11. The van der Waals surface area contributed by atoms with Crippen LogP contribution in [0.2, 0.25) is 0 Å². The molecule has 0 amide bonds. The third-order valence-corrected chi connectivity index (χ3v) is 3.83. The van der Waals surface area contributed by atoms with Crippen LogP contribution in [0.5, 0.6) is 0 Å². The van der Waals surface area contributed by atoms with E-state index < -0.39 is 0 Å². The van der Waals surface area contributed by atoms with Gasteiger partial charge in [-0.05, 0) is 32.9 Å². The van der Waals surface area contributed by atoms with Crippen molar-refractivity contribution in [2.24, 2.45) is 0 Å². The number of benzene rings is 1. The summed E-state index contributed by atoms with van der Waals surface area (Å²) in [6.45, 7) is 7.19. The molecule has 0 aliphatic rings. The Kier molecular flexibility index (Phi) is 4.14. The van der Waals surface area contributed by atoms with Crippen molar-refractivity contribution >= 4 is 27.3 Å². The van der Waals surface area contributed by atoms with Crippen molar-refractivity contribution in [3.63, 3.8) is 0 Å². The molecule has 2 rings (SSSR count). The quantitative estimate of drug-likeness (QED) is 0.931. The fraction of sp³-hybridized carbons (Fsp3) is 0.385. The number of hydrogen-bond donors (Lipinski definition) is 1. The van der Waals surface area contributed by atoms with Gasteiger partial charge in [0.1, 0.15) is 10.0 Å². The second-order valence-corrected chi connectivity index (χ2v) is 7.09. The lowest BCUT2D eigenvalue weighted by atomic mass is 10.1. The zero-order valence-electron chi connectivity index (χ0n) is 10.7. The fourth-order valence-electron chi connectivity index (χ4n) is 1.37. The van der Waals surface area contributed by atoms with E-state index in [-0.39, 0.29) is 5.54 Å². The van der Waals surface area contributed by atoms with Crippen LogP contribution >= 0.6 is 27.3 Å². The van der Waals surface area contributed by atoms with E-state index in [1.165, 1.54) is 0 Å². The van der Waals surface area contributed by atoms with E-state index in [1.807, 2.05) is 24.3 Å². The highest BCUT2D eigenvalue weighted by Crippen LogP contribution is 2.25. The third kappa shape index (κ3) is 3.86. The Morgan fingerprint density at radius 1 is 1.17 bits per heavy atom. The van der Waals surface area contributed by atoms with Crippen LogP contribution in [0.25, 0.3) is 10.6 Å². The number of nitrogens with one attached hydrogen (secondary N) is 1. The highest BCUT2D eigenvalue weighted by molar-refractivity contribution is 9.10. The minimum atomic E-state index is 0.101. The number of nitrogens with zero attached hydrogens (tertiary/aromatic N) is 2. The Labute approximate surface area is 120 Å². The lowest BCUT2D eigenvalue weighted by molar-refractivity contribution is 0.423. The molecular weight excluding hydrogens is 310 g/mol. The first-order valence-electron chi connectivity index (χ1n) is 5.77. The van der Waals surface area contributed by atoms with Gasteiger partial charge in [-0.25, -0.2) is 0 Å². The minimum absolute atomic E-state index is 0.101. The van der Waals surface area contributed by atoms with E-state index in [9.17, 15) is 0 Å². The Balaban J connectivity index is 2.08. The smallest absolute Gasteiger partial charge is 0.147 e. The molecule has 1 N–H and O–H groups in total. The average Bonchev–Trinajstić information content (AvgIpc) is 2.75. The molecule has 0 unspecified atom stereocenters. The molecule has 18 heavy (non-hydrogen) atoms. The van der Waals surface area contributed by atoms with Gasteiger partial charge >= 0.3 is 0 Å². The maximum absolute atomic E-state index is 4.23. The maximum Gasteiger partial charge on any atom is 0.147 e. The van der Waals surface area contributed by atoms with Gasteiger partial charge in [0.25, 0.3) is 0 Å². The Bertz CT molecular complexity index is 514. The Morgan fingerprint density at radius 2 is 1.83 bits per heavy atom. The third-order valence-electron chi connectivity index (χ3n) is 2.33. The Hall–Kier alpha value is -0.780. The van der Waals surface area contributed by atoms with Crippen LogP contribution in [-0.2, 0) is 6.54 Å². The summed E-state index contributed by atoms with van der Waals surface area (Å²) >= 11 is 5.06. The summed E-state index contributed by atoms with van der Waals surface area (Å²) in [5.74, 6) is 0. The first kappa shape index (κ1) is 13.6. The molecule has 0 aliphatic heterocycles. The minimum Gasteiger partial charge on any atom is -0.306 e. The first-order valence-corrected chi connectivity index (χ1v) is 7.38. The molecule has 0 saturated carbocycles. The van der Waals surface area contributed by atoms with Gasteiger partial charge in [-0.2, -0.15) is 0 Å². The number of halogens is 1. The van der Waals surface area contributed by atoms with E-state index in [0.29, 0.717) is 0 Å². The van der Waals surface area contributed by atoms with Crippen LogP contribution in [0.4, 0.5) is 0 Å². The van der Waals surface area contributed by atoms with Crippen molar-refractivity contribution in [1.82, 2.24) is 15.5 Å². The van der Waals surface area contributed by atoms with Gasteiger partial charge < -0.3 is 5.32 Å². The summed E-state index contributed by atoms with van der Waals surface area (Å²) in [5.41, 5.74) is 1.21. The normalized spacial score (nSPS) is 11.8. The largest absolute Gasteiger partial charge is 0.306 e. The van der Waals surface area contributed by atoms with Crippen LogP contribution < -0.4 is 5.32 Å². The lowest BCUT2D eigenvalue weighted by Gasteiger charge is -2.19. The van der Waals surface area contributed by atoms with Gasteiger partial charge in [-0.1, -0.05) is 39.4 Å². The van der Waals surface area contributed by atoms with E-state index in [0.717, 1.165) is 26.6 Å². The molecule has 1 heterocycles. The van der Waals surface area contributed by atoms with Gasteiger partial charge in [0, 0.05) is 15.6 Å². The van der Waals surface area contributed by atoms with Gasteiger partial charge in [0.05, 0.1) is 6.54 Å². The molecule has 0 spiro atoms. The van der Waals surface area contributed by atoms with Crippen molar-refractivity contribution in [3.05, 3.63) is 33.7 Å². The SMILES string of the molecule is CC(C)(C)NCc1nnc(-c2ccc(Br)cc2)s1. The number of aromatic nitrogens is 2. The van der Waals surface area contributed by atoms with Crippen LogP contribution in [0.3, 0.4) is 0 Å². The lowest BCUT2D eigenvalue weighted by Crippen LogP contribution is -2.35. The van der Waals surface area contributed by atoms with E-state index in [2.05, 4.69) is 52.2 Å². The molecule has 2 aromatic rings. The maximum atomic E-state index is 4.23. The van der Waals surface area contributed by atoms with Crippen molar-refractivity contribution in [1.29, 1.82) is 0 Å². The molecule has 0 radical (unpaired) electrons. The summed E-state index contributed by atoms with van der Waals surface area (Å²) in [5, 5.41) is 13.8. The molecule has 1 aromatic heterocycles. The summed E-state index contributed by atoms with van der Waals surface area (Å²) in [4.78, 5) is 0. The zero-order valence-corrected chi connectivity index (χ0v) is 13.1. The van der Waals surface area contributed by atoms with Crippen molar-refractivity contribution in [2.45, 2.75) is 32.9 Å². The highest BCUT2D eigenvalue weighted by atomic mass is 79.9. The van der Waals surface area contributed by atoms with E-state index >= 15 is 0 Å². The molecule has 96 valence electrons. The van der Waals surface area contributed by atoms with Gasteiger partial charge in [-0.15, -0.1) is 10.2 Å². The Morgan fingerprint density at radius 3 is 2.44 bits per heavy atom. The van der Waals surface area contributed by atoms with Crippen LogP contribution in [0, 0.1) is 0 Å². The summed E-state index contributed by atoms with van der Waals surface area (Å²) in [6, 6.07) is 8.13. The summed E-state index contributed by atoms with van der Waals surface area (Å²) in [6.07, 6.45) is 0. The average molecular weight is 326 g/mol. The molecule has 5 heteroatoms. The molecule has 0 atom stereocenters. The van der Waals surface area contributed by atoms with Gasteiger partial charge in [0.15, 0.2) is 0 Å². The van der Waals surface area contributed by atoms with Gasteiger partial charge in [-0.3, -0.25) is 0 Å². The van der Waals surface area contributed by atoms with Crippen molar-refractivity contribution < 1.29 is 0 Å². The number of hydrogen-bond acceptors (Lipinski definition) is 4. The molecular formula is C13H16BrN3S. The second kappa shape index (κ2) is 5.47. The molecule has 0 bridgehead atoms. The van der Waals surface area contributed by atoms with E-state index in [4.69, 9.17) is 0 Å². The topological polar surface area (TPSA) is 37.8 Å². The summed E-state index contributed by atoms with van der Waals surface area (Å²) in [7, 11) is 0. The molecule has 1 aromatic carbocycles. The van der Waals surface area contributed by atoms with Crippen LogP contribution in [0.1, 0.15) is 25.8 Å². The molecule has 0 fully saturated rings. The predicted octanol–water partition coefficient (Wildman–Crippen LogP) is 3.86. The highest BCUT2D eigenvalue weighted by Gasteiger charge is 2.11. The fourth-order valence-corrected chi connectivity index (χ4v) is 2.42. The monoisotopic (exact) mass is 325 g/mol. The molecule has 0 aliphatic carbocycles. The standard InChI is InChI=1S/C13H16BrN3S/c1-13(2,3)15-8-11-16-17-12(18-11)9-4-6-10(14)7-5-9/h4-7,15H,8H2,1-3H3.